The van der Waals surface area contributed by atoms with Crippen LogP contribution in [-0.4, -0.2) is 30.9 Å². The molecule has 0 spiro atoms. The van der Waals surface area contributed by atoms with Crippen LogP contribution in [0.25, 0.3) is 5.70 Å². The van der Waals surface area contributed by atoms with Gasteiger partial charge in [0.1, 0.15) is 12.3 Å². The van der Waals surface area contributed by atoms with Crippen molar-refractivity contribution in [1.82, 2.24) is 10.4 Å². The highest BCUT2D eigenvalue weighted by atomic mass is 19.4. The first-order chi connectivity index (χ1) is 14.8. The van der Waals surface area contributed by atoms with E-state index in [1.165, 1.54) is 6.20 Å². The lowest BCUT2D eigenvalue weighted by Crippen LogP contribution is -2.39. The fourth-order valence-electron chi connectivity index (χ4n) is 3.35. The number of pyridine rings is 1. The number of ether oxygens (including phenoxy) is 1. The summed E-state index contributed by atoms with van der Waals surface area (Å²) in [4.78, 5) is 6.47. The maximum atomic E-state index is 12.3. The molecule has 3 rings (SSSR count). The summed E-state index contributed by atoms with van der Waals surface area (Å²) >= 11 is 0. The second kappa shape index (κ2) is 9.71. The SMILES string of the molecule is C=C(c1ccc(NNCC(F)(F)F)cn1)N(c1cc(OC)ccc1CC#N)C1CCC1. The Morgan fingerprint density at radius 1 is 1.32 bits per heavy atom. The van der Waals surface area contributed by atoms with Crippen molar-refractivity contribution in [2.75, 3.05) is 24.0 Å². The van der Waals surface area contributed by atoms with E-state index in [0.717, 1.165) is 30.5 Å². The van der Waals surface area contributed by atoms with Crippen LogP contribution in [0.5, 0.6) is 5.75 Å². The molecule has 1 aromatic heterocycles. The van der Waals surface area contributed by atoms with Crippen LogP contribution < -0.4 is 20.5 Å². The minimum Gasteiger partial charge on any atom is -0.497 e. The second-order valence-corrected chi connectivity index (χ2v) is 7.26. The van der Waals surface area contributed by atoms with Gasteiger partial charge in [0, 0.05) is 17.8 Å². The molecule has 1 aromatic carbocycles. The minimum atomic E-state index is -4.31. The Bertz CT molecular complexity index is 949. The Labute approximate surface area is 179 Å². The summed E-state index contributed by atoms with van der Waals surface area (Å²) in [5, 5.41) is 9.25. The molecule has 0 atom stereocenters. The predicted molar refractivity (Wildman–Crippen MR) is 113 cm³/mol. The van der Waals surface area contributed by atoms with E-state index < -0.39 is 12.7 Å². The van der Waals surface area contributed by atoms with Gasteiger partial charge < -0.3 is 15.1 Å². The molecule has 6 nitrogen and oxygen atoms in total. The molecule has 31 heavy (non-hydrogen) atoms. The number of benzene rings is 1. The monoisotopic (exact) mass is 431 g/mol. The number of anilines is 2. The van der Waals surface area contributed by atoms with E-state index >= 15 is 0 Å². The summed E-state index contributed by atoms with van der Waals surface area (Å²) in [7, 11) is 1.59. The number of nitrogens with zero attached hydrogens (tertiary/aromatic N) is 3. The van der Waals surface area contributed by atoms with Gasteiger partial charge in [-0.3, -0.25) is 4.98 Å². The normalized spacial score (nSPS) is 13.8. The number of nitrogens with one attached hydrogen (secondary N) is 2. The summed E-state index contributed by atoms with van der Waals surface area (Å²) in [5.74, 6) is 0.678. The Kier molecular flexibility index (Phi) is 7.02. The Hall–Kier alpha value is -3.25. The predicted octanol–water partition coefficient (Wildman–Crippen LogP) is 4.66. The highest BCUT2D eigenvalue weighted by molar-refractivity contribution is 5.80. The van der Waals surface area contributed by atoms with Crippen molar-refractivity contribution in [3.63, 3.8) is 0 Å². The second-order valence-electron chi connectivity index (χ2n) is 7.26. The lowest BCUT2D eigenvalue weighted by molar-refractivity contribution is -0.123. The molecule has 0 aliphatic heterocycles. The highest BCUT2D eigenvalue weighted by Crippen LogP contribution is 2.38. The van der Waals surface area contributed by atoms with Crippen molar-refractivity contribution < 1.29 is 17.9 Å². The number of rotatable bonds is 9. The number of aromatic nitrogens is 1. The molecule has 1 saturated carbocycles. The first kappa shape index (κ1) is 22.4. The van der Waals surface area contributed by atoms with Gasteiger partial charge in [0.25, 0.3) is 0 Å². The fraction of sp³-hybridized carbons (Fsp3) is 0.364. The molecule has 0 saturated heterocycles. The van der Waals surface area contributed by atoms with Crippen LogP contribution in [0.4, 0.5) is 24.5 Å². The van der Waals surface area contributed by atoms with Gasteiger partial charge in [-0.15, -0.1) is 0 Å². The molecular formula is C22H24F3N5O. The molecule has 0 unspecified atom stereocenters. The van der Waals surface area contributed by atoms with E-state index in [1.54, 1.807) is 19.2 Å². The Balaban J connectivity index is 1.84. The van der Waals surface area contributed by atoms with Gasteiger partial charge in [-0.05, 0) is 43.0 Å². The molecule has 1 aliphatic rings. The van der Waals surface area contributed by atoms with E-state index in [9.17, 15) is 18.4 Å². The number of hydrazine groups is 1. The van der Waals surface area contributed by atoms with Crippen LogP contribution in [0.2, 0.25) is 0 Å². The van der Waals surface area contributed by atoms with Gasteiger partial charge in [-0.2, -0.15) is 18.4 Å². The van der Waals surface area contributed by atoms with Crippen molar-refractivity contribution >= 4 is 17.1 Å². The minimum absolute atomic E-state index is 0.227. The number of methoxy groups -OCH3 is 1. The Morgan fingerprint density at radius 3 is 2.65 bits per heavy atom. The molecule has 164 valence electrons. The van der Waals surface area contributed by atoms with E-state index in [0.29, 0.717) is 22.8 Å². The number of hydrogen-bond acceptors (Lipinski definition) is 6. The summed E-state index contributed by atoms with van der Waals surface area (Å²) in [6, 6.07) is 11.4. The van der Waals surface area contributed by atoms with Crippen LogP contribution in [0, 0.1) is 11.3 Å². The standard InChI is InChI=1S/C22H24F3N5O/c1-15(20-9-7-17(13-27-20)29-28-14-22(23,24)25)30(18-4-3-5-18)21-12-19(31-2)8-6-16(21)10-11-26/h6-9,12-13,18,28-29H,1,3-5,10,14H2,2H3. The molecule has 0 bridgehead atoms. The highest BCUT2D eigenvalue weighted by Gasteiger charge is 2.30. The first-order valence-electron chi connectivity index (χ1n) is 9.86. The zero-order valence-electron chi connectivity index (χ0n) is 17.2. The maximum Gasteiger partial charge on any atom is 0.402 e. The van der Waals surface area contributed by atoms with Crippen LogP contribution in [-0.2, 0) is 6.42 Å². The topological polar surface area (TPSA) is 73.2 Å². The molecule has 1 fully saturated rings. The van der Waals surface area contributed by atoms with Crippen molar-refractivity contribution in [2.24, 2.45) is 0 Å². The van der Waals surface area contributed by atoms with Crippen LogP contribution in [0.1, 0.15) is 30.5 Å². The van der Waals surface area contributed by atoms with Gasteiger partial charge in [0.15, 0.2) is 0 Å². The van der Waals surface area contributed by atoms with E-state index in [2.05, 4.69) is 33.4 Å². The molecular weight excluding hydrogens is 407 g/mol. The summed E-state index contributed by atoms with van der Waals surface area (Å²) in [5.41, 5.74) is 7.98. The smallest absolute Gasteiger partial charge is 0.402 e. The summed E-state index contributed by atoms with van der Waals surface area (Å²) in [6.07, 6.45) is 0.469. The maximum absolute atomic E-state index is 12.3. The van der Waals surface area contributed by atoms with E-state index in [1.807, 2.05) is 18.2 Å². The van der Waals surface area contributed by atoms with Gasteiger partial charge >= 0.3 is 6.18 Å². The van der Waals surface area contributed by atoms with Crippen molar-refractivity contribution in [3.05, 3.63) is 54.4 Å². The summed E-state index contributed by atoms with van der Waals surface area (Å²) < 4.78 is 42.2. The van der Waals surface area contributed by atoms with Gasteiger partial charge in [-0.1, -0.05) is 12.6 Å². The largest absolute Gasteiger partial charge is 0.497 e. The Morgan fingerprint density at radius 2 is 2.10 bits per heavy atom. The third-order valence-electron chi connectivity index (χ3n) is 5.13. The molecule has 1 aliphatic carbocycles. The van der Waals surface area contributed by atoms with Gasteiger partial charge in [0.05, 0.1) is 42.9 Å². The van der Waals surface area contributed by atoms with E-state index in [4.69, 9.17) is 4.74 Å². The van der Waals surface area contributed by atoms with Crippen molar-refractivity contribution in [3.8, 4) is 11.8 Å². The average Bonchev–Trinajstić information content (AvgIpc) is 2.70. The molecule has 1 heterocycles. The van der Waals surface area contributed by atoms with E-state index in [-0.39, 0.29) is 12.5 Å². The summed E-state index contributed by atoms with van der Waals surface area (Å²) in [6.45, 7) is 3.08. The molecule has 0 amide bonds. The third-order valence-corrected chi connectivity index (χ3v) is 5.13. The zero-order chi connectivity index (χ0) is 22.4. The molecule has 2 aromatic rings. The van der Waals surface area contributed by atoms with Crippen molar-refractivity contribution in [1.29, 1.82) is 5.26 Å². The van der Waals surface area contributed by atoms with Crippen molar-refractivity contribution in [2.45, 2.75) is 37.9 Å². The molecule has 2 N–H and O–H groups in total. The lowest BCUT2D eigenvalue weighted by atomic mass is 9.89. The number of nitriles is 1. The van der Waals surface area contributed by atoms with Crippen LogP contribution in [0.3, 0.4) is 0 Å². The van der Waals surface area contributed by atoms with Crippen LogP contribution >= 0.6 is 0 Å². The number of alkyl halides is 3. The van der Waals surface area contributed by atoms with Gasteiger partial charge in [0.2, 0.25) is 0 Å². The lowest BCUT2D eigenvalue weighted by Gasteiger charge is -2.41. The fourth-order valence-corrected chi connectivity index (χ4v) is 3.35. The average molecular weight is 431 g/mol. The first-order valence-corrected chi connectivity index (χ1v) is 9.86. The third kappa shape index (κ3) is 5.67. The number of halogens is 3. The zero-order valence-corrected chi connectivity index (χ0v) is 17.2. The number of hydrogen-bond donors (Lipinski definition) is 2. The quantitative estimate of drug-likeness (QED) is 0.563. The van der Waals surface area contributed by atoms with Gasteiger partial charge in [-0.25, -0.2) is 5.43 Å². The molecule has 0 radical (unpaired) electrons. The van der Waals surface area contributed by atoms with Crippen LogP contribution in [0.15, 0.2) is 43.1 Å². The molecule has 9 heteroatoms.